The van der Waals surface area contributed by atoms with E-state index in [2.05, 4.69) is 40.3 Å². The van der Waals surface area contributed by atoms with E-state index in [1.54, 1.807) is 0 Å². The fourth-order valence-electron chi connectivity index (χ4n) is 7.65. The number of Topliss-reactive ketones (excluding diaryl/α,β-unsaturated/α-hetero) is 1. The van der Waals surface area contributed by atoms with E-state index in [0.29, 0.717) is 18.1 Å². The lowest BCUT2D eigenvalue weighted by atomic mass is 9.57. The lowest BCUT2D eigenvalue weighted by Crippen LogP contribution is -2.48. The Morgan fingerprint density at radius 3 is 2.71 bits per heavy atom. The van der Waals surface area contributed by atoms with Crippen LogP contribution in [0.5, 0.6) is 0 Å². The van der Waals surface area contributed by atoms with Gasteiger partial charge in [-0.1, -0.05) is 31.6 Å². The molecule has 1 saturated heterocycles. The highest BCUT2D eigenvalue weighted by atomic mass is 16.6. The third-order valence-corrected chi connectivity index (χ3v) is 8.95. The molecular formula is C21H26O3. The summed E-state index contributed by atoms with van der Waals surface area (Å²) in [5.74, 6) is 1.18. The van der Waals surface area contributed by atoms with Crippen LogP contribution in [0.4, 0.5) is 0 Å². The largest absolute Gasteiger partial charge is 0.454 e. The minimum absolute atomic E-state index is 0.0461. The van der Waals surface area contributed by atoms with Crippen LogP contribution >= 0.6 is 0 Å². The van der Waals surface area contributed by atoms with Crippen LogP contribution in [0.1, 0.15) is 47.0 Å². The van der Waals surface area contributed by atoms with Gasteiger partial charge in [-0.05, 0) is 50.0 Å². The van der Waals surface area contributed by atoms with Crippen LogP contribution in [0.25, 0.3) is 0 Å². The average Bonchev–Trinajstić information content (AvgIpc) is 2.99. The zero-order chi connectivity index (χ0) is 17.2. The summed E-state index contributed by atoms with van der Waals surface area (Å²) < 4.78 is 6.21. The van der Waals surface area contributed by atoms with Crippen molar-refractivity contribution in [2.24, 2.45) is 40.4 Å². The molecule has 0 aromatic rings. The number of hydrogen-bond donors (Lipinski definition) is 0. The van der Waals surface area contributed by atoms with Crippen LogP contribution in [0.3, 0.4) is 0 Å². The highest BCUT2D eigenvalue weighted by molar-refractivity contribution is 5.88. The minimum atomic E-state index is -0.562. The highest BCUT2D eigenvalue weighted by Crippen LogP contribution is 2.77. The molecule has 4 fully saturated rings. The van der Waals surface area contributed by atoms with Crippen molar-refractivity contribution in [3.8, 4) is 0 Å². The molecule has 0 aromatic heterocycles. The highest BCUT2D eigenvalue weighted by Gasteiger charge is 2.80. The van der Waals surface area contributed by atoms with Crippen molar-refractivity contribution in [3.63, 3.8) is 0 Å². The second-order valence-corrected chi connectivity index (χ2v) is 9.45. The van der Waals surface area contributed by atoms with Crippen molar-refractivity contribution >= 4 is 11.8 Å². The number of rotatable bonds is 0. The maximum atomic E-state index is 13.0. The Labute approximate surface area is 143 Å². The standard InChI is InChI=1S/C21H26O3/c1-10-8-21-16-6-15(22)14-9-20(16,7-11(14)2)13(4)17(21)19(5,12(10)3)18(23)24-21/h8,12-14,16-17H,2,6-7,9H2,1,3-5H3/t12?,13-,14-,16?,17?,19?,20+,21?/m0/s1. The summed E-state index contributed by atoms with van der Waals surface area (Å²) in [5, 5.41) is 0. The maximum absolute atomic E-state index is 13.0. The topological polar surface area (TPSA) is 43.4 Å². The number of ether oxygens (including phenoxy) is 1. The van der Waals surface area contributed by atoms with Crippen LogP contribution in [-0.4, -0.2) is 17.4 Å². The first-order valence-corrected chi connectivity index (χ1v) is 9.31. The Morgan fingerprint density at radius 1 is 1.29 bits per heavy atom. The molecule has 4 bridgehead atoms. The van der Waals surface area contributed by atoms with Gasteiger partial charge >= 0.3 is 5.97 Å². The number of esters is 1. The second-order valence-electron chi connectivity index (χ2n) is 9.45. The van der Waals surface area contributed by atoms with Crippen LogP contribution in [0.15, 0.2) is 23.8 Å². The quantitative estimate of drug-likeness (QED) is 0.504. The molecule has 0 aromatic carbocycles. The molecule has 5 rings (SSSR count). The van der Waals surface area contributed by atoms with Crippen molar-refractivity contribution in [2.75, 3.05) is 0 Å². The number of carbonyl (C=O) groups excluding carboxylic acids is 2. The molecule has 5 unspecified atom stereocenters. The average molecular weight is 326 g/mol. The molecule has 1 spiro atoms. The number of carbonyl (C=O) groups is 2. The zero-order valence-corrected chi connectivity index (χ0v) is 15.0. The van der Waals surface area contributed by atoms with Crippen molar-refractivity contribution in [1.29, 1.82) is 0 Å². The van der Waals surface area contributed by atoms with Gasteiger partial charge in [0.1, 0.15) is 11.4 Å². The summed E-state index contributed by atoms with van der Waals surface area (Å²) >= 11 is 0. The van der Waals surface area contributed by atoms with Crippen molar-refractivity contribution in [1.82, 2.24) is 0 Å². The number of hydrogen-bond acceptors (Lipinski definition) is 3. The molecule has 128 valence electrons. The van der Waals surface area contributed by atoms with E-state index in [1.165, 1.54) is 5.57 Å². The number of ketones is 1. The van der Waals surface area contributed by atoms with Crippen LogP contribution in [0, 0.1) is 40.4 Å². The van der Waals surface area contributed by atoms with Gasteiger partial charge in [-0.25, -0.2) is 0 Å². The third kappa shape index (κ3) is 1.22. The Bertz CT molecular complexity index is 748. The molecule has 1 heterocycles. The summed E-state index contributed by atoms with van der Waals surface area (Å²) in [6.45, 7) is 12.9. The van der Waals surface area contributed by atoms with E-state index in [9.17, 15) is 9.59 Å². The predicted octanol–water partition coefficient (Wildman–Crippen LogP) is 3.69. The number of fused-ring (bicyclic) bond motifs is 1. The molecule has 8 atom stereocenters. The van der Waals surface area contributed by atoms with Crippen LogP contribution in [-0.2, 0) is 14.3 Å². The smallest absolute Gasteiger partial charge is 0.313 e. The Balaban J connectivity index is 1.78. The van der Waals surface area contributed by atoms with Gasteiger partial charge in [0.25, 0.3) is 0 Å². The molecule has 0 amide bonds. The fraction of sp³-hybridized carbons (Fsp3) is 0.714. The second kappa shape index (κ2) is 3.89. The van der Waals surface area contributed by atoms with Gasteiger partial charge in [-0.15, -0.1) is 0 Å². The van der Waals surface area contributed by atoms with E-state index in [1.807, 2.05) is 0 Å². The Morgan fingerprint density at radius 2 is 2.00 bits per heavy atom. The van der Waals surface area contributed by atoms with Gasteiger partial charge in [0, 0.05) is 24.2 Å². The maximum Gasteiger partial charge on any atom is 0.313 e. The molecule has 3 nitrogen and oxygen atoms in total. The first-order valence-electron chi connectivity index (χ1n) is 9.31. The van der Waals surface area contributed by atoms with E-state index in [0.717, 1.165) is 18.4 Å². The van der Waals surface area contributed by atoms with E-state index < -0.39 is 11.0 Å². The monoisotopic (exact) mass is 326 g/mol. The zero-order valence-electron chi connectivity index (χ0n) is 15.0. The minimum Gasteiger partial charge on any atom is -0.454 e. The predicted molar refractivity (Wildman–Crippen MR) is 89.9 cm³/mol. The molecule has 3 saturated carbocycles. The first kappa shape index (κ1) is 14.9. The van der Waals surface area contributed by atoms with E-state index in [-0.39, 0.29) is 35.1 Å². The van der Waals surface area contributed by atoms with Crippen molar-refractivity contribution in [2.45, 2.75) is 52.6 Å². The molecule has 5 aliphatic rings. The summed E-state index contributed by atoms with van der Waals surface area (Å²) in [6, 6.07) is 0. The molecule has 24 heavy (non-hydrogen) atoms. The molecular weight excluding hydrogens is 300 g/mol. The Hall–Kier alpha value is -1.38. The number of allylic oxidation sites excluding steroid dienone is 2. The lowest BCUT2D eigenvalue weighted by Gasteiger charge is -2.43. The molecule has 1 aliphatic heterocycles. The molecule has 4 aliphatic carbocycles. The summed E-state index contributed by atoms with van der Waals surface area (Å²) in [7, 11) is 0. The van der Waals surface area contributed by atoms with E-state index in [4.69, 9.17) is 4.74 Å². The normalized spacial score (nSPS) is 57.6. The first-order chi connectivity index (χ1) is 11.2. The summed E-state index contributed by atoms with van der Waals surface area (Å²) in [6.07, 6.45) is 4.64. The van der Waals surface area contributed by atoms with Gasteiger partial charge in [0.05, 0.1) is 5.41 Å². The fourth-order valence-corrected chi connectivity index (χ4v) is 7.65. The lowest BCUT2D eigenvalue weighted by molar-refractivity contribution is -0.158. The van der Waals surface area contributed by atoms with Gasteiger partial charge < -0.3 is 4.74 Å². The van der Waals surface area contributed by atoms with Crippen LogP contribution in [0.2, 0.25) is 0 Å². The summed E-state index contributed by atoms with van der Waals surface area (Å²) in [4.78, 5) is 25.7. The Kier molecular flexibility index (Phi) is 2.42. The molecule has 0 N–H and O–H groups in total. The SMILES string of the molecule is C=C1C[C@]23C[C@@H]1C(=O)CC2C12C=C(C)C(C)C(C)(C(=O)O1)C2[C@@H]3C. The van der Waals surface area contributed by atoms with E-state index >= 15 is 0 Å². The van der Waals surface area contributed by atoms with Gasteiger partial charge in [0.15, 0.2) is 0 Å². The molecule has 0 radical (unpaired) electrons. The molecule has 3 heteroatoms. The van der Waals surface area contributed by atoms with Gasteiger partial charge in [-0.3, -0.25) is 9.59 Å². The van der Waals surface area contributed by atoms with Gasteiger partial charge in [-0.2, -0.15) is 0 Å². The van der Waals surface area contributed by atoms with Crippen molar-refractivity contribution < 1.29 is 14.3 Å². The third-order valence-electron chi connectivity index (χ3n) is 8.95. The van der Waals surface area contributed by atoms with Gasteiger partial charge in [0.2, 0.25) is 0 Å². The summed E-state index contributed by atoms with van der Waals surface area (Å²) in [5.41, 5.74) is 1.42. The van der Waals surface area contributed by atoms with Crippen molar-refractivity contribution in [3.05, 3.63) is 23.8 Å². The van der Waals surface area contributed by atoms with Crippen LogP contribution < -0.4 is 0 Å².